The van der Waals surface area contributed by atoms with Gasteiger partial charge in [0.1, 0.15) is 10.8 Å². The van der Waals surface area contributed by atoms with Crippen LogP contribution in [0.15, 0.2) is 53.6 Å². The van der Waals surface area contributed by atoms with Gasteiger partial charge in [0.25, 0.3) is 0 Å². The number of hydrogen-bond donors (Lipinski definition) is 2. The lowest BCUT2D eigenvalue weighted by molar-refractivity contribution is 0.155. The molecule has 4 rings (SSSR count). The summed E-state index contributed by atoms with van der Waals surface area (Å²) < 4.78 is 31.7. The SMILES string of the molecule is CCOc1cc(CCN2CCN(C)CC2)ccc1Nc1ncc(Cl)c(Nc2ccccc2S(=O)(=O)C(C)C)n1. The van der Waals surface area contributed by atoms with Crippen LogP contribution in [0.25, 0.3) is 0 Å². The van der Waals surface area contributed by atoms with Crippen molar-refractivity contribution in [3.63, 3.8) is 0 Å². The first-order valence-corrected chi connectivity index (χ1v) is 15.2. The van der Waals surface area contributed by atoms with E-state index >= 15 is 0 Å². The van der Waals surface area contributed by atoms with Gasteiger partial charge in [0.2, 0.25) is 5.95 Å². The van der Waals surface area contributed by atoms with Crippen LogP contribution in [-0.4, -0.2) is 79.8 Å². The lowest BCUT2D eigenvalue weighted by Crippen LogP contribution is -2.45. The van der Waals surface area contributed by atoms with Crippen molar-refractivity contribution in [3.05, 3.63) is 59.2 Å². The molecule has 2 N–H and O–H groups in total. The molecule has 1 aliphatic rings. The lowest BCUT2D eigenvalue weighted by Gasteiger charge is -2.32. The first-order valence-electron chi connectivity index (χ1n) is 13.2. The molecule has 0 spiro atoms. The van der Waals surface area contributed by atoms with Gasteiger partial charge in [-0.25, -0.2) is 13.4 Å². The van der Waals surface area contributed by atoms with Crippen molar-refractivity contribution < 1.29 is 13.2 Å². The molecule has 2 aromatic carbocycles. The van der Waals surface area contributed by atoms with E-state index in [4.69, 9.17) is 16.3 Å². The number of ether oxygens (including phenoxy) is 1. The fourth-order valence-corrected chi connectivity index (χ4v) is 5.63. The van der Waals surface area contributed by atoms with Crippen molar-refractivity contribution in [2.24, 2.45) is 0 Å². The molecule has 0 atom stereocenters. The molecule has 1 aliphatic heterocycles. The zero-order valence-corrected chi connectivity index (χ0v) is 24.5. The maximum Gasteiger partial charge on any atom is 0.229 e. The third-order valence-corrected chi connectivity index (χ3v) is 9.20. The van der Waals surface area contributed by atoms with Crippen molar-refractivity contribution in [3.8, 4) is 5.75 Å². The lowest BCUT2D eigenvalue weighted by atomic mass is 10.1. The predicted molar refractivity (Wildman–Crippen MR) is 158 cm³/mol. The fourth-order valence-electron chi connectivity index (χ4n) is 4.29. The van der Waals surface area contributed by atoms with Gasteiger partial charge in [0, 0.05) is 32.7 Å². The Bertz CT molecular complexity index is 1380. The average Bonchev–Trinajstić information content (AvgIpc) is 2.92. The van der Waals surface area contributed by atoms with Gasteiger partial charge in [0.15, 0.2) is 15.7 Å². The van der Waals surface area contributed by atoms with E-state index in [0.29, 0.717) is 24.1 Å². The number of likely N-dealkylation sites (N-methyl/N-ethyl adjacent to an activating group) is 1. The maximum absolute atomic E-state index is 12.9. The molecule has 9 nitrogen and oxygen atoms in total. The van der Waals surface area contributed by atoms with Crippen LogP contribution in [-0.2, 0) is 16.3 Å². The average molecular weight is 573 g/mol. The Morgan fingerprint density at radius 1 is 1.05 bits per heavy atom. The number of para-hydroxylation sites is 1. The van der Waals surface area contributed by atoms with Crippen LogP contribution >= 0.6 is 11.6 Å². The first kappa shape index (κ1) is 29.1. The van der Waals surface area contributed by atoms with Crippen LogP contribution in [0.4, 0.5) is 23.1 Å². The summed E-state index contributed by atoms with van der Waals surface area (Å²) in [5.74, 6) is 1.31. The highest BCUT2D eigenvalue weighted by atomic mass is 35.5. The summed E-state index contributed by atoms with van der Waals surface area (Å²) in [5, 5.41) is 6.01. The molecule has 1 fully saturated rings. The van der Waals surface area contributed by atoms with Crippen LogP contribution in [0.1, 0.15) is 26.3 Å². The van der Waals surface area contributed by atoms with Crippen molar-refractivity contribution >= 4 is 44.6 Å². The van der Waals surface area contributed by atoms with E-state index in [9.17, 15) is 8.42 Å². The van der Waals surface area contributed by atoms with Crippen LogP contribution in [0.3, 0.4) is 0 Å². The Morgan fingerprint density at radius 3 is 2.51 bits per heavy atom. The molecule has 0 unspecified atom stereocenters. The van der Waals surface area contributed by atoms with Gasteiger partial charge in [-0.2, -0.15) is 4.98 Å². The standard InChI is InChI=1S/C28H37ClN6O3S/c1-5-38-25-18-21(12-13-35-16-14-34(4)15-17-35)10-11-23(25)32-28-30-19-22(29)27(33-28)31-24-8-6-7-9-26(24)39(36,37)20(2)3/h6-11,18-20H,5,12-17H2,1-4H3,(H2,30,31,32,33). The van der Waals surface area contributed by atoms with Crippen LogP contribution in [0.2, 0.25) is 5.02 Å². The van der Waals surface area contributed by atoms with Crippen LogP contribution in [0, 0.1) is 0 Å². The number of benzene rings is 2. The van der Waals surface area contributed by atoms with Gasteiger partial charge < -0.3 is 25.2 Å². The number of halogens is 1. The summed E-state index contributed by atoms with van der Waals surface area (Å²) in [7, 11) is -1.35. The molecule has 0 aliphatic carbocycles. The Hall–Kier alpha value is -2.92. The summed E-state index contributed by atoms with van der Waals surface area (Å²) in [6.45, 7) is 11.2. The molecule has 3 aromatic rings. The van der Waals surface area contributed by atoms with Gasteiger partial charge in [-0.1, -0.05) is 29.8 Å². The molecule has 0 saturated carbocycles. The van der Waals surface area contributed by atoms with Crippen LogP contribution < -0.4 is 15.4 Å². The van der Waals surface area contributed by atoms with E-state index in [1.807, 2.05) is 13.0 Å². The number of nitrogens with zero attached hydrogens (tertiary/aromatic N) is 4. The summed E-state index contributed by atoms with van der Waals surface area (Å²) in [6, 6.07) is 12.8. The Labute approximate surface area is 236 Å². The second-order valence-electron chi connectivity index (χ2n) is 9.89. The largest absolute Gasteiger partial charge is 0.492 e. The Morgan fingerprint density at radius 2 is 1.79 bits per heavy atom. The van der Waals surface area contributed by atoms with Gasteiger partial charge >= 0.3 is 0 Å². The van der Waals surface area contributed by atoms with E-state index < -0.39 is 15.1 Å². The highest BCUT2D eigenvalue weighted by molar-refractivity contribution is 7.92. The number of rotatable bonds is 11. The number of nitrogens with one attached hydrogen (secondary N) is 2. The van der Waals surface area contributed by atoms with Gasteiger partial charge in [-0.05, 0) is 64.1 Å². The molecule has 0 bridgehead atoms. The maximum atomic E-state index is 12.9. The zero-order valence-electron chi connectivity index (χ0n) is 22.9. The number of hydrogen-bond acceptors (Lipinski definition) is 9. The van der Waals surface area contributed by atoms with E-state index in [1.165, 1.54) is 11.8 Å². The van der Waals surface area contributed by atoms with Crippen molar-refractivity contribution in [1.29, 1.82) is 0 Å². The summed E-state index contributed by atoms with van der Waals surface area (Å²) >= 11 is 6.39. The molecule has 1 saturated heterocycles. The third kappa shape index (κ3) is 7.39. The number of piperazine rings is 1. The normalized spacial score (nSPS) is 14.9. The second kappa shape index (κ2) is 13.0. The minimum atomic E-state index is -3.52. The van der Waals surface area contributed by atoms with Crippen molar-refractivity contribution in [2.75, 3.05) is 57.0 Å². The molecule has 1 aromatic heterocycles. The Balaban J connectivity index is 1.52. The zero-order chi connectivity index (χ0) is 28.0. The summed E-state index contributed by atoms with van der Waals surface area (Å²) in [4.78, 5) is 13.9. The van der Waals surface area contributed by atoms with Crippen LogP contribution in [0.5, 0.6) is 5.75 Å². The molecular weight excluding hydrogens is 536 g/mol. The summed E-state index contributed by atoms with van der Waals surface area (Å²) in [5.41, 5.74) is 2.33. The second-order valence-corrected chi connectivity index (χ2v) is 12.8. The van der Waals surface area contributed by atoms with E-state index in [-0.39, 0.29) is 9.92 Å². The topological polar surface area (TPSA) is 99.7 Å². The highest BCUT2D eigenvalue weighted by Crippen LogP contribution is 2.32. The Kier molecular flexibility index (Phi) is 9.66. The first-order chi connectivity index (χ1) is 18.7. The number of sulfone groups is 1. The quantitative estimate of drug-likeness (QED) is 0.329. The fraction of sp³-hybridized carbons (Fsp3) is 0.429. The monoisotopic (exact) mass is 572 g/mol. The number of aromatic nitrogens is 2. The minimum absolute atomic E-state index is 0.190. The van der Waals surface area contributed by atoms with E-state index in [2.05, 4.69) is 49.6 Å². The molecule has 11 heteroatoms. The molecule has 2 heterocycles. The van der Waals surface area contributed by atoms with Gasteiger partial charge in [-0.3, -0.25) is 0 Å². The van der Waals surface area contributed by atoms with Gasteiger partial charge in [-0.15, -0.1) is 0 Å². The molecular formula is C28H37ClN6O3S. The highest BCUT2D eigenvalue weighted by Gasteiger charge is 2.23. The third-order valence-electron chi connectivity index (χ3n) is 6.72. The van der Waals surface area contributed by atoms with Crippen molar-refractivity contribution in [1.82, 2.24) is 19.8 Å². The molecule has 0 radical (unpaired) electrons. The summed E-state index contributed by atoms with van der Waals surface area (Å²) in [6.07, 6.45) is 2.41. The smallest absolute Gasteiger partial charge is 0.229 e. The van der Waals surface area contributed by atoms with E-state index in [1.54, 1.807) is 38.1 Å². The predicted octanol–water partition coefficient (Wildman–Crippen LogP) is 4.99. The van der Waals surface area contributed by atoms with Gasteiger partial charge in [0.05, 0.1) is 34.3 Å². The number of anilines is 4. The molecule has 0 amide bonds. The molecule has 39 heavy (non-hydrogen) atoms. The van der Waals surface area contributed by atoms with E-state index in [0.717, 1.165) is 50.6 Å². The minimum Gasteiger partial charge on any atom is -0.492 e. The van der Waals surface area contributed by atoms with Crippen molar-refractivity contribution in [2.45, 2.75) is 37.3 Å². The molecule has 210 valence electrons.